The lowest BCUT2D eigenvalue weighted by molar-refractivity contribution is -0.140. The largest absolute Gasteiger partial charge is 0.508 e. The standard InChI is InChI=1S/C14H19NO2/c1-14(2,3)13(17)15-7-6-10-4-5-12(16)8-11(10)9-15/h4-5,8,16H,6-7,9H2,1-3H3. The van der Waals surface area contributed by atoms with Crippen LogP contribution in [0.25, 0.3) is 0 Å². The maximum absolute atomic E-state index is 12.2. The number of amides is 1. The number of rotatable bonds is 0. The van der Waals surface area contributed by atoms with Crippen LogP contribution in [-0.2, 0) is 17.8 Å². The van der Waals surface area contributed by atoms with Crippen LogP contribution in [0.15, 0.2) is 18.2 Å². The van der Waals surface area contributed by atoms with E-state index in [1.165, 1.54) is 5.56 Å². The molecule has 0 spiro atoms. The molecule has 3 nitrogen and oxygen atoms in total. The van der Waals surface area contributed by atoms with Gasteiger partial charge in [-0.05, 0) is 29.7 Å². The number of hydrogen-bond acceptors (Lipinski definition) is 2. The number of hydrogen-bond donors (Lipinski definition) is 1. The van der Waals surface area contributed by atoms with Crippen LogP contribution in [0.2, 0.25) is 0 Å². The van der Waals surface area contributed by atoms with Crippen LogP contribution in [0.4, 0.5) is 0 Å². The average Bonchev–Trinajstić information content (AvgIpc) is 2.25. The Kier molecular flexibility index (Phi) is 2.86. The van der Waals surface area contributed by atoms with Crippen LogP contribution < -0.4 is 0 Å². The summed E-state index contributed by atoms with van der Waals surface area (Å²) in [6.07, 6.45) is 0.872. The molecule has 0 fully saturated rings. The van der Waals surface area contributed by atoms with Crippen molar-refractivity contribution in [2.45, 2.75) is 33.7 Å². The highest BCUT2D eigenvalue weighted by atomic mass is 16.3. The predicted octanol–water partition coefficient (Wildman–Crippen LogP) is 2.32. The van der Waals surface area contributed by atoms with E-state index in [1.807, 2.05) is 31.7 Å². The third-order valence-corrected chi connectivity index (χ3v) is 3.13. The highest BCUT2D eigenvalue weighted by molar-refractivity contribution is 5.81. The van der Waals surface area contributed by atoms with E-state index < -0.39 is 0 Å². The van der Waals surface area contributed by atoms with Crippen LogP contribution in [-0.4, -0.2) is 22.5 Å². The molecule has 1 aliphatic heterocycles. The molecule has 0 atom stereocenters. The first-order valence-electron chi connectivity index (χ1n) is 5.98. The van der Waals surface area contributed by atoms with E-state index >= 15 is 0 Å². The molecule has 0 saturated heterocycles. The summed E-state index contributed by atoms with van der Waals surface area (Å²) in [4.78, 5) is 14.1. The number of fused-ring (bicyclic) bond motifs is 1. The molecule has 3 heteroatoms. The monoisotopic (exact) mass is 233 g/mol. The second-order valence-electron chi connectivity index (χ2n) is 5.68. The zero-order chi connectivity index (χ0) is 12.6. The number of carbonyl (C=O) groups excluding carboxylic acids is 1. The van der Waals surface area contributed by atoms with Gasteiger partial charge in [0.05, 0.1) is 0 Å². The zero-order valence-corrected chi connectivity index (χ0v) is 10.7. The Morgan fingerprint density at radius 2 is 2.00 bits per heavy atom. The molecule has 2 rings (SSSR count). The number of nitrogens with zero attached hydrogens (tertiary/aromatic N) is 1. The number of phenols is 1. The fourth-order valence-electron chi connectivity index (χ4n) is 2.19. The van der Waals surface area contributed by atoms with Gasteiger partial charge in [0.25, 0.3) is 0 Å². The lowest BCUT2D eigenvalue weighted by atomic mass is 9.92. The van der Waals surface area contributed by atoms with Crippen molar-refractivity contribution in [1.82, 2.24) is 4.90 Å². The Labute approximate surface area is 102 Å². The summed E-state index contributed by atoms with van der Waals surface area (Å²) in [5, 5.41) is 9.47. The van der Waals surface area contributed by atoms with Crippen molar-refractivity contribution in [3.8, 4) is 5.75 Å². The van der Waals surface area contributed by atoms with Crippen LogP contribution in [0.5, 0.6) is 5.75 Å². The number of phenolic OH excluding ortho intramolecular Hbond substituents is 1. The summed E-state index contributed by atoms with van der Waals surface area (Å²) in [5.41, 5.74) is 1.96. The third-order valence-electron chi connectivity index (χ3n) is 3.13. The summed E-state index contributed by atoms with van der Waals surface area (Å²) in [5.74, 6) is 0.445. The van der Waals surface area contributed by atoms with E-state index in [9.17, 15) is 9.90 Å². The lowest BCUT2D eigenvalue weighted by Crippen LogP contribution is -2.42. The molecule has 1 amide bonds. The first-order chi connectivity index (χ1) is 7.88. The van der Waals surface area contributed by atoms with Gasteiger partial charge in [0, 0.05) is 18.5 Å². The molecule has 17 heavy (non-hydrogen) atoms. The van der Waals surface area contributed by atoms with Gasteiger partial charge in [-0.25, -0.2) is 0 Å². The third kappa shape index (κ3) is 2.43. The van der Waals surface area contributed by atoms with Crippen LogP contribution in [0, 0.1) is 5.41 Å². The Morgan fingerprint density at radius 3 is 2.65 bits per heavy atom. The number of carbonyl (C=O) groups is 1. The lowest BCUT2D eigenvalue weighted by Gasteiger charge is -2.33. The van der Waals surface area contributed by atoms with E-state index in [4.69, 9.17) is 0 Å². The molecule has 0 aromatic heterocycles. The molecule has 1 aromatic carbocycles. The van der Waals surface area contributed by atoms with Gasteiger partial charge in [-0.15, -0.1) is 0 Å². The average molecular weight is 233 g/mol. The second-order valence-corrected chi connectivity index (χ2v) is 5.68. The van der Waals surface area contributed by atoms with Gasteiger partial charge in [-0.2, -0.15) is 0 Å². The van der Waals surface area contributed by atoms with Gasteiger partial charge in [0.2, 0.25) is 5.91 Å². The zero-order valence-electron chi connectivity index (χ0n) is 10.7. The van der Waals surface area contributed by atoms with Crippen molar-refractivity contribution >= 4 is 5.91 Å². The summed E-state index contributed by atoms with van der Waals surface area (Å²) in [7, 11) is 0. The maximum atomic E-state index is 12.2. The van der Waals surface area contributed by atoms with Crippen molar-refractivity contribution in [3.05, 3.63) is 29.3 Å². The fraction of sp³-hybridized carbons (Fsp3) is 0.500. The van der Waals surface area contributed by atoms with Crippen LogP contribution in [0.1, 0.15) is 31.9 Å². The highest BCUT2D eigenvalue weighted by Gasteiger charge is 2.29. The van der Waals surface area contributed by atoms with Crippen LogP contribution >= 0.6 is 0 Å². The fourth-order valence-corrected chi connectivity index (χ4v) is 2.19. The van der Waals surface area contributed by atoms with E-state index in [2.05, 4.69) is 0 Å². The smallest absolute Gasteiger partial charge is 0.228 e. The Hall–Kier alpha value is -1.51. The minimum atomic E-state index is -0.339. The Morgan fingerprint density at radius 1 is 1.29 bits per heavy atom. The van der Waals surface area contributed by atoms with Gasteiger partial charge in [0.1, 0.15) is 5.75 Å². The molecule has 0 unspecified atom stereocenters. The molecular formula is C14H19NO2. The number of benzene rings is 1. The summed E-state index contributed by atoms with van der Waals surface area (Å²) in [6.45, 7) is 7.20. The SMILES string of the molecule is CC(C)(C)C(=O)N1CCc2ccc(O)cc2C1. The Balaban J connectivity index is 2.21. The molecule has 92 valence electrons. The normalized spacial score (nSPS) is 15.6. The van der Waals surface area contributed by atoms with E-state index in [-0.39, 0.29) is 17.1 Å². The van der Waals surface area contributed by atoms with Crippen molar-refractivity contribution in [2.24, 2.45) is 5.41 Å². The van der Waals surface area contributed by atoms with Gasteiger partial charge >= 0.3 is 0 Å². The molecule has 0 saturated carbocycles. The molecule has 0 radical (unpaired) electrons. The quantitative estimate of drug-likeness (QED) is 0.747. The van der Waals surface area contributed by atoms with Gasteiger partial charge < -0.3 is 10.0 Å². The molecule has 0 aliphatic carbocycles. The van der Waals surface area contributed by atoms with Crippen molar-refractivity contribution in [2.75, 3.05) is 6.54 Å². The highest BCUT2D eigenvalue weighted by Crippen LogP contribution is 2.26. The molecule has 0 bridgehead atoms. The minimum absolute atomic E-state index is 0.173. The van der Waals surface area contributed by atoms with Crippen LogP contribution in [0.3, 0.4) is 0 Å². The summed E-state index contributed by atoms with van der Waals surface area (Å²) < 4.78 is 0. The maximum Gasteiger partial charge on any atom is 0.228 e. The second kappa shape index (κ2) is 4.06. The van der Waals surface area contributed by atoms with Gasteiger partial charge in [-0.1, -0.05) is 26.8 Å². The first kappa shape index (κ1) is 12.0. The molecule has 1 aromatic rings. The summed E-state index contributed by atoms with van der Waals surface area (Å²) in [6, 6.07) is 5.42. The van der Waals surface area contributed by atoms with E-state index in [0.29, 0.717) is 6.54 Å². The predicted molar refractivity (Wildman–Crippen MR) is 66.7 cm³/mol. The van der Waals surface area contributed by atoms with E-state index in [1.54, 1.807) is 12.1 Å². The van der Waals surface area contributed by atoms with Gasteiger partial charge in [-0.3, -0.25) is 4.79 Å². The first-order valence-corrected chi connectivity index (χ1v) is 5.98. The van der Waals surface area contributed by atoms with E-state index in [0.717, 1.165) is 18.5 Å². The molecular weight excluding hydrogens is 214 g/mol. The number of aromatic hydroxyl groups is 1. The minimum Gasteiger partial charge on any atom is -0.508 e. The summed E-state index contributed by atoms with van der Waals surface area (Å²) >= 11 is 0. The van der Waals surface area contributed by atoms with Gasteiger partial charge in [0.15, 0.2) is 0 Å². The molecule has 1 aliphatic rings. The molecule has 1 N–H and O–H groups in total. The Bertz CT molecular complexity index is 446. The van der Waals surface area contributed by atoms with Crippen molar-refractivity contribution < 1.29 is 9.90 Å². The van der Waals surface area contributed by atoms with Crippen molar-refractivity contribution in [1.29, 1.82) is 0 Å². The van der Waals surface area contributed by atoms with Crippen molar-refractivity contribution in [3.63, 3.8) is 0 Å². The topological polar surface area (TPSA) is 40.5 Å². The molecule has 1 heterocycles.